The van der Waals surface area contributed by atoms with Crippen LogP contribution >= 0.6 is 0 Å². The summed E-state index contributed by atoms with van der Waals surface area (Å²) in [4.78, 5) is 12.6. The van der Waals surface area contributed by atoms with Crippen LogP contribution in [-0.4, -0.2) is 33.0 Å². The summed E-state index contributed by atoms with van der Waals surface area (Å²) in [7, 11) is -3.48. The molecule has 1 amide bonds. The molecule has 2 aromatic carbocycles. The molecule has 32 heavy (non-hydrogen) atoms. The molecule has 2 N–H and O–H groups in total. The van der Waals surface area contributed by atoms with Crippen LogP contribution in [0.15, 0.2) is 53.4 Å². The van der Waals surface area contributed by atoms with E-state index in [0.29, 0.717) is 24.6 Å². The van der Waals surface area contributed by atoms with Crippen molar-refractivity contribution in [3.05, 3.63) is 59.7 Å². The van der Waals surface area contributed by atoms with Gasteiger partial charge in [-0.1, -0.05) is 51.0 Å². The van der Waals surface area contributed by atoms with Gasteiger partial charge in [-0.15, -0.1) is 0 Å². The topological polar surface area (TPSA) is 84.5 Å². The number of rotatable bonds is 10. The fourth-order valence-corrected chi connectivity index (χ4v) is 5.13. The highest BCUT2D eigenvalue weighted by Gasteiger charge is 2.22. The van der Waals surface area contributed by atoms with Gasteiger partial charge < -0.3 is 10.1 Å². The van der Waals surface area contributed by atoms with E-state index in [9.17, 15) is 13.2 Å². The fraction of sp³-hybridized carbons (Fsp3) is 0.480. The van der Waals surface area contributed by atoms with Crippen molar-refractivity contribution >= 4 is 15.9 Å². The Kier molecular flexibility index (Phi) is 8.32. The van der Waals surface area contributed by atoms with Gasteiger partial charge in [0.1, 0.15) is 5.75 Å². The lowest BCUT2D eigenvalue weighted by atomic mass is 10.0. The Morgan fingerprint density at radius 3 is 2.22 bits per heavy atom. The van der Waals surface area contributed by atoms with Crippen molar-refractivity contribution < 1.29 is 17.9 Å². The molecule has 1 fully saturated rings. The minimum absolute atomic E-state index is 0.0484. The number of amides is 1. The van der Waals surface area contributed by atoms with Gasteiger partial charge in [0, 0.05) is 12.6 Å². The maximum absolute atomic E-state index is 12.5. The lowest BCUT2D eigenvalue weighted by molar-refractivity contribution is -0.127. The zero-order chi connectivity index (χ0) is 23.1. The van der Waals surface area contributed by atoms with Crippen molar-refractivity contribution in [2.45, 2.75) is 75.8 Å². The minimum Gasteiger partial charge on any atom is -0.481 e. The van der Waals surface area contributed by atoms with Crippen LogP contribution in [-0.2, 0) is 21.2 Å². The number of nitrogens with one attached hydrogen (secondary N) is 2. The van der Waals surface area contributed by atoms with E-state index in [1.54, 1.807) is 31.2 Å². The first-order valence-corrected chi connectivity index (χ1v) is 12.9. The van der Waals surface area contributed by atoms with Gasteiger partial charge in [0.2, 0.25) is 10.0 Å². The number of carbonyl (C=O) groups excluding carboxylic acids is 1. The van der Waals surface area contributed by atoms with E-state index in [1.165, 1.54) is 5.56 Å². The molecule has 0 radical (unpaired) electrons. The van der Waals surface area contributed by atoms with E-state index < -0.39 is 16.1 Å². The van der Waals surface area contributed by atoms with Crippen LogP contribution in [0.2, 0.25) is 0 Å². The summed E-state index contributed by atoms with van der Waals surface area (Å²) in [5.41, 5.74) is 2.19. The summed E-state index contributed by atoms with van der Waals surface area (Å²) in [5.74, 6) is 0.931. The average Bonchev–Trinajstić information content (AvgIpc) is 3.26. The molecule has 0 bridgehead atoms. The van der Waals surface area contributed by atoms with Crippen LogP contribution in [0.25, 0.3) is 0 Å². The van der Waals surface area contributed by atoms with Crippen molar-refractivity contribution in [1.82, 2.24) is 10.0 Å². The quantitative estimate of drug-likeness (QED) is 0.560. The maximum Gasteiger partial charge on any atom is 0.260 e. The van der Waals surface area contributed by atoms with E-state index >= 15 is 0 Å². The molecule has 3 rings (SSSR count). The monoisotopic (exact) mass is 458 g/mol. The molecular formula is C25H34N2O4S. The molecule has 0 saturated heterocycles. The molecule has 1 saturated carbocycles. The zero-order valence-corrected chi connectivity index (χ0v) is 20.0. The highest BCUT2D eigenvalue weighted by molar-refractivity contribution is 7.89. The van der Waals surface area contributed by atoms with Crippen molar-refractivity contribution in [3.8, 4) is 5.75 Å². The second-order valence-electron chi connectivity index (χ2n) is 8.77. The second kappa shape index (κ2) is 11.0. The first-order chi connectivity index (χ1) is 15.2. The summed E-state index contributed by atoms with van der Waals surface area (Å²) in [6.45, 7) is 6.44. The summed E-state index contributed by atoms with van der Waals surface area (Å²) >= 11 is 0. The molecule has 2 aromatic rings. The lowest BCUT2D eigenvalue weighted by Gasteiger charge is -2.15. The highest BCUT2D eigenvalue weighted by Crippen LogP contribution is 2.21. The lowest BCUT2D eigenvalue weighted by Crippen LogP contribution is -2.37. The Balaban J connectivity index is 1.44. The second-order valence-corrected chi connectivity index (χ2v) is 10.5. The standard InChI is InChI=1S/C25H34N2O4S/c1-18(2)21-10-12-23(13-11-21)31-19(3)25(28)26-17-16-20-8-14-24(15-9-20)32(29,30)27-22-6-4-5-7-22/h8-15,18-19,22,27H,4-7,16-17H2,1-3H3,(H,26,28). The average molecular weight is 459 g/mol. The fourth-order valence-electron chi connectivity index (χ4n) is 3.83. The first-order valence-electron chi connectivity index (χ1n) is 11.4. The molecule has 0 spiro atoms. The molecule has 7 heteroatoms. The third-order valence-electron chi connectivity index (χ3n) is 5.85. The number of carbonyl (C=O) groups is 1. The molecule has 6 nitrogen and oxygen atoms in total. The van der Waals surface area contributed by atoms with Crippen molar-refractivity contribution in [1.29, 1.82) is 0 Å². The maximum atomic E-state index is 12.5. The highest BCUT2D eigenvalue weighted by atomic mass is 32.2. The number of hydrogen-bond donors (Lipinski definition) is 2. The minimum atomic E-state index is -3.48. The third-order valence-corrected chi connectivity index (χ3v) is 7.39. The van der Waals surface area contributed by atoms with Crippen LogP contribution < -0.4 is 14.8 Å². The molecule has 174 valence electrons. The van der Waals surface area contributed by atoms with Gasteiger partial charge in [-0.3, -0.25) is 4.79 Å². The Labute approximate surface area is 191 Å². The number of benzene rings is 2. The Morgan fingerprint density at radius 1 is 1.00 bits per heavy atom. The Hall–Kier alpha value is -2.38. The van der Waals surface area contributed by atoms with Gasteiger partial charge in [0.05, 0.1) is 4.90 Å². The summed E-state index contributed by atoms with van der Waals surface area (Å²) in [5, 5.41) is 2.88. The van der Waals surface area contributed by atoms with Gasteiger partial charge in [-0.05, 0) is 67.5 Å². The van der Waals surface area contributed by atoms with E-state index in [-0.39, 0.29) is 16.8 Å². The van der Waals surface area contributed by atoms with Crippen LogP contribution in [0.3, 0.4) is 0 Å². The number of sulfonamides is 1. The predicted octanol–water partition coefficient (Wildman–Crippen LogP) is 4.16. The molecule has 0 aromatic heterocycles. The van der Waals surface area contributed by atoms with Crippen molar-refractivity contribution in [2.75, 3.05) is 6.54 Å². The molecule has 1 unspecified atom stereocenters. The van der Waals surface area contributed by atoms with E-state index in [1.807, 2.05) is 24.3 Å². The van der Waals surface area contributed by atoms with Gasteiger partial charge in [-0.25, -0.2) is 13.1 Å². The normalized spacial score (nSPS) is 15.6. The van der Waals surface area contributed by atoms with Crippen LogP contribution in [0.5, 0.6) is 5.75 Å². The predicted molar refractivity (Wildman–Crippen MR) is 126 cm³/mol. The largest absolute Gasteiger partial charge is 0.481 e. The number of hydrogen-bond acceptors (Lipinski definition) is 4. The Morgan fingerprint density at radius 2 is 1.62 bits per heavy atom. The van der Waals surface area contributed by atoms with Crippen LogP contribution in [0.4, 0.5) is 0 Å². The Bertz CT molecular complexity index is 980. The third kappa shape index (κ3) is 6.81. The van der Waals surface area contributed by atoms with Crippen LogP contribution in [0, 0.1) is 0 Å². The molecular weight excluding hydrogens is 424 g/mol. The molecule has 0 aliphatic heterocycles. The van der Waals surface area contributed by atoms with Gasteiger partial charge in [0.25, 0.3) is 5.91 Å². The van der Waals surface area contributed by atoms with Crippen molar-refractivity contribution in [2.24, 2.45) is 0 Å². The van der Waals surface area contributed by atoms with Gasteiger partial charge in [-0.2, -0.15) is 0 Å². The summed E-state index contributed by atoms with van der Waals surface area (Å²) in [6.07, 6.45) is 3.97. The van der Waals surface area contributed by atoms with Crippen LogP contribution in [0.1, 0.15) is 63.5 Å². The van der Waals surface area contributed by atoms with Gasteiger partial charge >= 0.3 is 0 Å². The SMILES string of the molecule is CC(Oc1ccc(C(C)C)cc1)C(=O)NCCc1ccc(S(=O)(=O)NC2CCCC2)cc1. The van der Waals surface area contributed by atoms with Crippen molar-refractivity contribution in [3.63, 3.8) is 0 Å². The summed E-state index contributed by atoms with van der Waals surface area (Å²) in [6, 6.07) is 14.7. The molecule has 0 heterocycles. The van der Waals surface area contributed by atoms with E-state index in [0.717, 1.165) is 31.2 Å². The van der Waals surface area contributed by atoms with E-state index in [2.05, 4.69) is 23.9 Å². The zero-order valence-electron chi connectivity index (χ0n) is 19.1. The summed E-state index contributed by atoms with van der Waals surface area (Å²) < 4.78 is 33.5. The molecule has 1 atom stereocenters. The smallest absolute Gasteiger partial charge is 0.260 e. The molecule has 1 aliphatic carbocycles. The van der Waals surface area contributed by atoms with E-state index in [4.69, 9.17) is 4.74 Å². The molecule has 1 aliphatic rings. The first kappa shape index (κ1) is 24.3. The van der Waals surface area contributed by atoms with Gasteiger partial charge in [0.15, 0.2) is 6.10 Å². The number of ether oxygens (including phenoxy) is 1.